The van der Waals surface area contributed by atoms with Crippen molar-refractivity contribution >= 4 is 5.91 Å². The zero-order valence-electron chi connectivity index (χ0n) is 15.5. The molecule has 144 valence electrons. The largest absolute Gasteiger partial charge is 0.490 e. The second-order valence-corrected chi connectivity index (χ2v) is 6.92. The normalized spacial score (nSPS) is 14.7. The van der Waals surface area contributed by atoms with Crippen molar-refractivity contribution < 1.29 is 9.53 Å². The van der Waals surface area contributed by atoms with Crippen LogP contribution in [0.3, 0.4) is 0 Å². The number of benzene rings is 1. The molecule has 1 N–H and O–H groups in total. The van der Waals surface area contributed by atoms with Crippen LogP contribution in [0.25, 0.3) is 0 Å². The molecule has 0 radical (unpaired) electrons. The number of hydrogen-bond acceptors (Lipinski definition) is 4. The molecule has 7 nitrogen and oxygen atoms in total. The summed E-state index contributed by atoms with van der Waals surface area (Å²) in [5, 5.41) is 2.78. The molecule has 0 aliphatic heterocycles. The average Bonchev–Trinajstić information content (AvgIpc) is 2.69. The van der Waals surface area contributed by atoms with Gasteiger partial charge in [0.05, 0.1) is 6.10 Å². The molecular formula is C20H25N3O4. The molecule has 0 spiro atoms. The molecule has 1 aromatic heterocycles. The predicted octanol–water partition coefficient (Wildman–Crippen LogP) is 1.57. The summed E-state index contributed by atoms with van der Waals surface area (Å²) in [4.78, 5) is 35.4. The molecule has 0 bridgehead atoms. The number of amides is 1. The van der Waals surface area contributed by atoms with Crippen molar-refractivity contribution in [2.75, 3.05) is 0 Å². The smallest absolute Gasteiger partial charge is 0.331 e. The minimum atomic E-state index is -0.512. The van der Waals surface area contributed by atoms with Crippen molar-refractivity contribution in [3.05, 3.63) is 62.9 Å². The van der Waals surface area contributed by atoms with Crippen molar-refractivity contribution in [2.24, 2.45) is 7.05 Å². The number of aromatic nitrogens is 2. The van der Waals surface area contributed by atoms with Crippen LogP contribution in [0.15, 0.2) is 46.1 Å². The molecular weight excluding hydrogens is 346 g/mol. The Morgan fingerprint density at radius 3 is 2.52 bits per heavy atom. The molecule has 1 saturated carbocycles. The fourth-order valence-electron chi connectivity index (χ4n) is 3.21. The van der Waals surface area contributed by atoms with E-state index in [-0.39, 0.29) is 12.5 Å². The van der Waals surface area contributed by atoms with Crippen molar-refractivity contribution in [1.82, 2.24) is 14.5 Å². The van der Waals surface area contributed by atoms with Crippen LogP contribution < -0.4 is 21.3 Å². The molecule has 0 unspecified atom stereocenters. The number of carbonyl (C=O) groups excluding carboxylic acids is 1. The van der Waals surface area contributed by atoms with E-state index in [4.69, 9.17) is 4.74 Å². The molecule has 0 atom stereocenters. The summed E-state index contributed by atoms with van der Waals surface area (Å²) < 4.78 is 8.17. The molecule has 1 aromatic carbocycles. The molecule has 0 saturated heterocycles. The Morgan fingerprint density at radius 1 is 1.11 bits per heavy atom. The maximum Gasteiger partial charge on any atom is 0.331 e. The second kappa shape index (κ2) is 8.70. The van der Waals surface area contributed by atoms with Gasteiger partial charge in [-0.25, -0.2) is 4.79 Å². The van der Waals surface area contributed by atoms with Gasteiger partial charge in [-0.15, -0.1) is 0 Å². The monoisotopic (exact) mass is 371 g/mol. The van der Waals surface area contributed by atoms with Gasteiger partial charge in [-0.1, -0.05) is 18.6 Å². The van der Waals surface area contributed by atoms with Crippen molar-refractivity contribution in [2.45, 2.75) is 51.3 Å². The van der Waals surface area contributed by atoms with Gasteiger partial charge in [0.15, 0.2) is 0 Å². The van der Waals surface area contributed by atoms with E-state index in [0.29, 0.717) is 12.6 Å². The molecule has 1 aliphatic carbocycles. The fraction of sp³-hybridized carbons (Fsp3) is 0.450. The second-order valence-electron chi connectivity index (χ2n) is 6.92. The summed E-state index contributed by atoms with van der Waals surface area (Å²) in [5.41, 5.74) is 0.0428. The van der Waals surface area contributed by atoms with Crippen LogP contribution >= 0.6 is 0 Å². The Balaban J connectivity index is 1.51. The van der Waals surface area contributed by atoms with E-state index in [1.807, 2.05) is 24.3 Å². The number of carbonyl (C=O) groups is 1. The van der Waals surface area contributed by atoms with E-state index in [1.54, 1.807) is 0 Å². The molecule has 27 heavy (non-hydrogen) atoms. The maximum atomic E-state index is 12.1. The highest BCUT2D eigenvalue weighted by atomic mass is 16.5. The Kier molecular flexibility index (Phi) is 6.11. The summed E-state index contributed by atoms with van der Waals surface area (Å²) in [7, 11) is 1.38. The summed E-state index contributed by atoms with van der Waals surface area (Å²) in [6.07, 6.45) is 7.63. The third-order valence-electron chi connectivity index (χ3n) is 4.84. The van der Waals surface area contributed by atoms with E-state index in [9.17, 15) is 14.4 Å². The van der Waals surface area contributed by atoms with E-state index in [2.05, 4.69) is 5.32 Å². The van der Waals surface area contributed by atoms with Crippen molar-refractivity contribution in [3.63, 3.8) is 0 Å². The quantitative estimate of drug-likeness (QED) is 0.836. The van der Waals surface area contributed by atoms with E-state index in [0.717, 1.165) is 28.7 Å². The Hall–Kier alpha value is -2.83. The summed E-state index contributed by atoms with van der Waals surface area (Å²) in [5.74, 6) is 0.562. The van der Waals surface area contributed by atoms with Gasteiger partial charge in [-0.2, -0.15) is 0 Å². The van der Waals surface area contributed by atoms with Crippen LogP contribution in [0.4, 0.5) is 0 Å². The van der Waals surface area contributed by atoms with E-state index < -0.39 is 11.2 Å². The standard InChI is InChI=1S/C20H25N3O4/c1-22-19(25)11-12-23(20(22)26)14-18(24)21-13-15-7-9-17(10-8-15)27-16-5-3-2-4-6-16/h7-12,16H,2-6,13-14H2,1H3,(H,21,24). The third-order valence-corrected chi connectivity index (χ3v) is 4.84. The molecule has 1 aliphatic rings. The van der Waals surface area contributed by atoms with Gasteiger partial charge >= 0.3 is 5.69 Å². The highest BCUT2D eigenvalue weighted by molar-refractivity contribution is 5.75. The lowest BCUT2D eigenvalue weighted by Gasteiger charge is -2.23. The molecule has 1 heterocycles. The molecule has 1 fully saturated rings. The van der Waals surface area contributed by atoms with Crippen molar-refractivity contribution in [1.29, 1.82) is 0 Å². The number of nitrogens with one attached hydrogen (secondary N) is 1. The minimum Gasteiger partial charge on any atom is -0.490 e. The first-order chi connectivity index (χ1) is 13.0. The number of hydrogen-bond donors (Lipinski definition) is 1. The van der Waals surface area contributed by atoms with E-state index in [1.165, 1.54) is 43.1 Å². The van der Waals surface area contributed by atoms with Crippen LogP contribution in [0, 0.1) is 0 Å². The molecule has 3 rings (SSSR count). The first kappa shape index (κ1) is 18.9. The van der Waals surface area contributed by atoms with E-state index >= 15 is 0 Å². The first-order valence-corrected chi connectivity index (χ1v) is 9.32. The van der Waals surface area contributed by atoms with Crippen molar-refractivity contribution in [3.8, 4) is 5.75 Å². The van der Waals surface area contributed by atoms with Crippen LogP contribution in [-0.2, 0) is 24.9 Å². The first-order valence-electron chi connectivity index (χ1n) is 9.32. The summed E-state index contributed by atoms with van der Waals surface area (Å²) in [6.45, 7) is 0.235. The lowest BCUT2D eigenvalue weighted by molar-refractivity contribution is -0.121. The van der Waals surface area contributed by atoms with Gasteiger partial charge in [-0.05, 0) is 43.4 Å². The Labute approximate surface area is 157 Å². The van der Waals surface area contributed by atoms with Crippen LogP contribution in [-0.4, -0.2) is 21.1 Å². The lowest BCUT2D eigenvalue weighted by atomic mass is 9.98. The Morgan fingerprint density at radius 2 is 1.81 bits per heavy atom. The fourth-order valence-corrected chi connectivity index (χ4v) is 3.21. The van der Waals surface area contributed by atoms with Gasteiger partial charge in [0, 0.05) is 25.9 Å². The molecule has 1 amide bonds. The summed E-state index contributed by atoms with van der Waals surface area (Å²) >= 11 is 0. The van der Waals surface area contributed by atoms with Gasteiger partial charge in [0.2, 0.25) is 5.91 Å². The topological polar surface area (TPSA) is 82.3 Å². The molecule has 2 aromatic rings. The average molecular weight is 371 g/mol. The zero-order chi connectivity index (χ0) is 19.2. The third kappa shape index (κ3) is 5.09. The Bertz CT molecular complexity index is 893. The lowest BCUT2D eigenvalue weighted by Crippen LogP contribution is -2.40. The van der Waals surface area contributed by atoms with Crippen LogP contribution in [0.2, 0.25) is 0 Å². The highest BCUT2D eigenvalue weighted by Gasteiger charge is 2.14. The highest BCUT2D eigenvalue weighted by Crippen LogP contribution is 2.23. The molecule has 7 heteroatoms. The number of nitrogens with zero attached hydrogens (tertiary/aromatic N) is 2. The number of rotatable bonds is 6. The minimum absolute atomic E-state index is 0.129. The zero-order valence-corrected chi connectivity index (χ0v) is 15.5. The summed E-state index contributed by atoms with van der Waals surface area (Å²) in [6, 6.07) is 8.97. The van der Waals surface area contributed by atoms with Crippen LogP contribution in [0.5, 0.6) is 5.75 Å². The van der Waals surface area contributed by atoms with Gasteiger partial charge in [-0.3, -0.25) is 18.7 Å². The van der Waals surface area contributed by atoms with Gasteiger partial charge < -0.3 is 10.1 Å². The van der Waals surface area contributed by atoms with Gasteiger partial charge in [0.1, 0.15) is 12.3 Å². The van der Waals surface area contributed by atoms with Crippen LogP contribution in [0.1, 0.15) is 37.7 Å². The maximum absolute atomic E-state index is 12.1. The SMILES string of the molecule is Cn1c(=O)ccn(CC(=O)NCc2ccc(OC3CCCCC3)cc2)c1=O. The predicted molar refractivity (Wildman–Crippen MR) is 102 cm³/mol. The van der Waals surface area contributed by atoms with Gasteiger partial charge in [0.25, 0.3) is 5.56 Å². The number of ether oxygens (including phenoxy) is 1.